The number of hydrogen-bond acceptors (Lipinski definition) is 5. The fraction of sp³-hybridized carbons (Fsp3) is 0.333. The molecule has 2 aliphatic heterocycles. The molecular weight excluding hydrogens is 477 g/mol. The summed E-state index contributed by atoms with van der Waals surface area (Å²) in [5, 5.41) is 5.21. The first-order valence-electron chi connectivity index (χ1n) is 9.86. The second kappa shape index (κ2) is 8.78. The van der Waals surface area contributed by atoms with Crippen LogP contribution in [0.2, 0.25) is 0 Å². The summed E-state index contributed by atoms with van der Waals surface area (Å²) in [4.78, 5) is 26.7. The van der Waals surface area contributed by atoms with E-state index in [4.69, 9.17) is 0 Å². The zero-order valence-corrected chi connectivity index (χ0v) is 18.0. The first-order chi connectivity index (χ1) is 14.8. The van der Waals surface area contributed by atoms with Gasteiger partial charge in [-0.1, -0.05) is 0 Å². The van der Waals surface area contributed by atoms with Crippen molar-refractivity contribution in [1.82, 2.24) is 5.32 Å². The van der Waals surface area contributed by atoms with Crippen molar-refractivity contribution in [3.8, 4) is 0 Å². The molecule has 0 radical (unpaired) electrons. The summed E-state index contributed by atoms with van der Waals surface area (Å²) >= 11 is 2.97. The normalized spacial score (nSPS) is 19.4. The highest BCUT2D eigenvalue weighted by atomic mass is 79.9. The van der Waals surface area contributed by atoms with Gasteiger partial charge >= 0.3 is 0 Å². The van der Waals surface area contributed by atoms with Gasteiger partial charge in [-0.05, 0) is 46.6 Å². The number of rotatable bonds is 4. The van der Waals surface area contributed by atoms with Gasteiger partial charge in [-0.3, -0.25) is 14.9 Å². The van der Waals surface area contributed by atoms with Crippen LogP contribution in [0.4, 0.5) is 30.2 Å². The molecule has 0 saturated carbocycles. The van der Waals surface area contributed by atoms with Crippen LogP contribution in [0.15, 0.2) is 34.8 Å². The summed E-state index contributed by atoms with van der Waals surface area (Å²) < 4.78 is 42.9. The maximum absolute atomic E-state index is 14.8. The zero-order chi connectivity index (χ0) is 22.1. The number of benzene rings is 2. The van der Waals surface area contributed by atoms with Crippen molar-refractivity contribution in [2.75, 3.05) is 41.3 Å². The molecule has 2 N–H and O–H groups in total. The minimum absolute atomic E-state index is 0.0699. The largest absolute Gasteiger partial charge is 0.374 e. The van der Waals surface area contributed by atoms with Crippen LogP contribution in [-0.4, -0.2) is 44.0 Å². The minimum Gasteiger partial charge on any atom is -0.374 e. The molecule has 1 atom stereocenters. The smallest absolute Gasteiger partial charge is 0.249 e. The molecule has 1 unspecified atom stereocenters. The third kappa shape index (κ3) is 4.63. The predicted octanol–water partition coefficient (Wildman–Crippen LogP) is 3.41. The maximum atomic E-state index is 14.8. The number of halogens is 4. The van der Waals surface area contributed by atoms with Crippen molar-refractivity contribution in [2.24, 2.45) is 0 Å². The van der Waals surface area contributed by atoms with Gasteiger partial charge in [0, 0.05) is 44.4 Å². The third-order valence-corrected chi connectivity index (χ3v) is 6.09. The molecule has 0 aliphatic carbocycles. The summed E-state index contributed by atoms with van der Waals surface area (Å²) in [6.45, 7) is 1.70. The molecule has 31 heavy (non-hydrogen) atoms. The van der Waals surface area contributed by atoms with E-state index in [0.717, 1.165) is 12.1 Å². The van der Waals surface area contributed by atoms with Gasteiger partial charge in [0.25, 0.3) is 0 Å². The van der Waals surface area contributed by atoms with Crippen LogP contribution in [0, 0.1) is 17.5 Å². The molecule has 0 bridgehead atoms. The summed E-state index contributed by atoms with van der Waals surface area (Å²) in [6, 6.07) is 6.29. The second-order valence-corrected chi connectivity index (χ2v) is 8.36. The van der Waals surface area contributed by atoms with E-state index in [1.807, 2.05) is 4.90 Å². The van der Waals surface area contributed by atoms with E-state index in [1.165, 1.54) is 6.07 Å². The van der Waals surface area contributed by atoms with Crippen LogP contribution in [-0.2, 0) is 9.59 Å². The van der Waals surface area contributed by atoms with Gasteiger partial charge in [0.1, 0.15) is 23.5 Å². The molecule has 2 fully saturated rings. The first kappa shape index (κ1) is 21.5. The number of nitrogens with one attached hydrogen (secondary N) is 2. The number of hydrogen-bond donors (Lipinski definition) is 2. The monoisotopic (exact) mass is 496 g/mol. The Kier molecular flexibility index (Phi) is 6.08. The van der Waals surface area contributed by atoms with E-state index in [1.54, 1.807) is 17.0 Å². The van der Waals surface area contributed by atoms with Crippen molar-refractivity contribution >= 4 is 44.8 Å². The molecule has 2 amide bonds. The van der Waals surface area contributed by atoms with Gasteiger partial charge in [-0.15, -0.1) is 0 Å². The van der Waals surface area contributed by atoms with Crippen molar-refractivity contribution in [3.05, 3.63) is 52.3 Å². The summed E-state index contributed by atoms with van der Waals surface area (Å²) in [5.41, 5.74) is 1.03. The number of carbonyl (C=O) groups is 2. The van der Waals surface area contributed by atoms with E-state index in [2.05, 4.69) is 26.6 Å². The highest BCUT2D eigenvalue weighted by Gasteiger charge is 2.27. The van der Waals surface area contributed by atoms with Gasteiger partial charge in [-0.25, -0.2) is 13.2 Å². The molecule has 2 aromatic rings. The number of piperidine rings is 1. The van der Waals surface area contributed by atoms with E-state index >= 15 is 0 Å². The molecule has 164 valence electrons. The standard InChI is InChI=1S/C21H20BrF3N4O2/c22-13-10-16(25)19(11-14(13)23)29-7-5-28(6-8-29)18-3-1-12(9-15(18)24)26-17-2-4-20(30)27-21(17)31/h1,3,9-11,17,26H,2,4-8H2,(H,27,30,31). The van der Waals surface area contributed by atoms with Gasteiger partial charge in [0.15, 0.2) is 0 Å². The molecule has 0 spiro atoms. The molecule has 0 aromatic heterocycles. The van der Waals surface area contributed by atoms with Crippen LogP contribution in [0.1, 0.15) is 12.8 Å². The summed E-state index contributed by atoms with van der Waals surface area (Å²) in [7, 11) is 0. The quantitative estimate of drug-likeness (QED) is 0.501. The number of imide groups is 1. The number of anilines is 3. The molecule has 10 heteroatoms. The zero-order valence-electron chi connectivity index (χ0n) is 16.4. The average Bonchev–Trinajstić information content (AvgIpc) is 2.73. The maximum Gasteiger partial charge on any atom is 0.249 e. The molecule has 2 aromatic carbocycles. The number of carbonyl (C=O) groups excluding carboxylic acids is 2. The van der Waals surface area contributed by atoms with Crippen molar-refractivity contribution in [1.29, 1.82) is 0 Å². The molecule has 2 heterocycles. The van der Waals surface area contributed by atoms with Gasteiger partial charge in [0.2, 0.25) is 11.8 Å². The molecular formula is C21H20BrF3N4O2. The topological polar surface area (TPSA) is 64.7 Å². The summed E-state index contributed by atoms with van der Waals surface area (Å²) in [5.74, 6) is -2.24. The van der Waals surface area contributed by atoms with Crippen molar-refractivity contribution in [3.63, 3.8) is 0 Å². The average molecular weight is 497 g/mol. The van der Waals surface area contributed by atoms with Crippen LogP contribution < -0.4 is 20.4 Å². The number of piperazine rings is 1. The van der Waals surface area contributed by atoms with Crippen LogP contribution >= 0.6 is 15.9 Å². The van der Waals surface area contributed by atoms with Crippen LogP contribution in [0.25, 0.3) is 0 Å². The van der Waals surface area contributed by atoms with Crippen LogP contribution in [0.5, 0.6) is 0 Å². The fourth-order valence-electron chi connectivity index (χ4n) is 3.83. The number of amides is 2. The molecule has 4 rings (SSSR count). The lowest BCUT2D eigenvalue weighted by Gasteiger charge is -2.37. The SMILES string of the molecule is O=C1CCC(Nc2ccc(N3CCN(c4cc(F)c(Br)cc4F)CC3)c(F)c2)C(=O)N1. The van der Waals surface area contributed by atoms with Crippen molar-refractivity contribution in [2.45, 2.75) is 18.9 Å². The molecule has 2 saturated heterocycles. The fourth-order valence-corrected chi connectivity index (χ4v) is 4.14. The first-order valence-corrected chi connectivity index (χ1v) is 10.7. The van der Waals surface area contributed by atoms with Gasteiger partial charge in [-0.2, -0.15) is 0 Å². The van der Waals surface area contributed by atoms with E-state index in [-0.39, 0.29) is 22.5 Å². The van der Waals surface area contributed by atoms with Gasteiger partial charge in [0.05, 0.1) is 15.8 Å². The Bertz CT molecular complexity index is 1030. The van der Waals surface area contributed by atoms with E-state index < -0.39 is 29.4 Å². The van der Waals surface area contributed by atoms with Crippen LogP contribution in [0.3, 0.4) is 0 Å². The minimum atomic E-state index is -0.590. The highest BCUT2D eigenvalue weighted by molar-refractivity contribution is 9.10. The van der Waals surface area contributed by atoms with E-state index in [9.17, 15) is 22.8 Å². The molecule has 2 aliphatic rings. The highest BCUT2D eigenvalue weighted by Crippen LogP contribution is 2.29. The Morgan fingerprint density at radius 2 is 1.55 bits per heavy atom. The Hall–Kier alpha value is -2.75. The lowest BCUT2D eigenvalue weighted by atomic mass is 10.1. The molecule has 6 nitrogen and oxygen atoms in total. The lowest BCUT2D eigenvalue weighted by molar-refractivity contribution is -0.133. The third-order valence-electron chi connectivity index (χ3n) is 5.48. The second-order valence-electron chi connectivity index (χ2n) is 7.51. The Morgan fingerprint density at radius 1 is 0.903 bits per heavy atom. The van der Waals surface area contributed by atoms with Crippen molar-refractivity contribution < 1.29 is 22.8 Å². The Balaban J connectivity index is 1.40. The summed E-state index contributed by atoms with van der Waals surface area (Å²) in [6.07, 6.45) is 0.584. The Morgan fingerprint density at radius 3 is 2.19 bits per heavy atom. The van der Waals surface area contributed by atoms with Gasteiger partial charge < -0.3 is 15.1 Å². The van der Waals surface area contributed by atoms with E-state index in [0.29, 0.717) is 44.0 Å². The predicted molar refractivity (Wildman–Crippen MR) is 115 cm³/mol. The Labute approximate surface area is 185 Å². The lowest BCUT2D eigenvalue weighted by Crippen LogP contribution is -2.47. The number of nitrogens with zero attached hydrogens (tertiary/aromatic N) is 2.